The zero-order valence-electron chi connectivity index (χ0n) is 12.5. The van der Waals surface area contributed by atoms with Crippen LogP contribution in [0.2, 0.25) is 0 Å². The second-order valence-electron chi connectivity index (χ2n) is 4.99. The van der Waals surface area contributed by atoms with Crippen LogP contribution in [0.5, 0.6) is 5.88 Å². The highest BCUT2D eigenvalue weighted by Crippen LogP contribution is 2.18. The van der Waals surface area contributed by atoms with E-state index in [1.165, 1.54) is 6.92 Å². The van der Waals surface area contributed by atoms with Crippen LogP contribution in [0, 0.1) is 0 Å². The van der Waals surface area contributed by atoms with Gasteiger partial charge in [0.25, 0.3) is 0 Å². The zero-order chi connectivity index (χ0) is 15.2. The van der Waals surface area contributed by atoms with E-state index in [0.29, 0.717) is 25.6 Å². The summed E-state index contributed by atoms with van der Waals surface area (Å²) in [6.45, 7) is 4.92. The fraction of sp³-hybridized carbons (Fsp3) is 0.533. The van der Waals surface area contributed by atoms with E-state index in [0.717, 1.165) is 18.4 Å². The van der Waals surface area contributed by atoms with Gasteiger partial charge in [-0.1, -0.05) is 6.07 Å². The molecule has 0 bridgehead atoms. The Morgan fingerprint density at radius 2 is 2.33 bits per heavy atom. The van der Waals surface area contributed by atoms with Crippen molar-refractivity contribution in [1.29, 1.82) is 0 Å². The quantitative estimate of drug-likeness (QED) is 0.882. The molecule has 1 aromatic rings. The zero-order valence-corrected chi connectivity index (χ0v) is 12.5. The van der Waals surface area contributed by atoms with E-state index in [1.54, 1.807) is 17.2 Å². The van der Waals surface area contributed by atoms with Gasteiger partial charge >= 0.3 is 0 Å². The summed E-state index contributed by atoms with van der Waals surface area (Å²) >= 11 is 0. The smallest absolute Gasteiger partial charge is 0.243 e. The Balaban J connectivity index is 1.96. The fourth-order valence-corrected chi connectivity index (χ4v) is 2.54. The van der Waals surface area contributed by atoms with E-state index < -0.39 is 0 Å². The van der Waals surface area contributed by atoms with Crippen LogP contribution in [0.1, 0.15) is 32.3 Å². The highest BCUT2D eigenvalue weighted by Gasteiger charge is 2.32. The van der Waals surface area contributed by atoms with E-state index in [-0.39, 0.29) is 17.9 Å². The number of likely N-dealkylation sites (tertiary alicyclic amines) is 1. The first-order chi connectivity index (χ1) is 10.1. The lowest BCUT2D eigenvalue weighted by molar-refractivity contribution is -0.136. The number of carbonyl (C=O) groups excluding carboxylic acids is 2. The van der Waals surface area contributed by atoms with Crippen LogP contribution in [0.4, 0.5) is 0 Å². The normalized spacial score (nSPS) is 17.6. The van der Waals surface area contributed by atoms with Gasteiger partial charge in [0.05, 0.1) is 6.61 Å². The summed E-state index contributed by atoms with van der Waals surface area (Å²) in [4.78, 5) is 29.5. The Hall–Kier alpha value is -2.11. The number of nitrogens with one attached hydrogen (secondary N) is 1. The molecule has 2 rings (SSSR count). The molecular weight excluding hydrogens is 270 g/mol. The van der Waals surface area contributed by atoms with E-state index >= 15 is 0 Å². The maximum atomic E-state index is 12.2. The molecule has 0 spiro atoms. The second kappa shape index (κ2) is 7.06. The third-order valence-corrected chi connectivity index (χ3v) is 3.54. The predicted molar refractivity (Wildman–Crippen MR) is 77.7 cm³/mol. The third kappa shape index (κ3) is 3.71. The number of ether oxygens (including phenoxy) is 1. The highest BCUT2D eigenvalue weighted by molar-refractivity contribution is 5.87. The average molecular weight is 291 g/mol. The number of aromatic nitrogens is 1. The lowest BCUT2D eigenvalue weighted by atomic mass is 10.2. The molecular formula is C15H21N3O3. The van der Waals surface area contributed by atoms with Crippen LogP contribution < -0.4 is 10.1 Å². The first kappa shape index (κ1) is 15.3. The largest absolute Gasteiger partial charge is 0.478 e. The lowest BCUT2D eigenvalue weighted by Crippen LogP contribution is -2.44. The van der Waals surface area contributed by atoms with E-state index in [2.05, 4.69) is 10.3 Å². The average Bonchev–Trinajstić information content (AvgIpc) is 2.96. The molecule has 1 aromatic heterocycles. The van der Waals surface area contributed by atoms with Gasteiger partial charge in [-0.25, -0.2) is 4.98 Å². The van der Waals surface area contributed by atoms with Gasteiger partial charge in [-0.3, -0.25) is 9.59 Å². The molecule has 1 fully saturated rings. The third-order valence-electron chi connectivity index (χ3n) is 3.54. The number of pyridine rings is 1. The highest BCUT2D eigenvalue weighted by atomic mass is 16.5. The van der Waals surface area contributed by atoms with Crippen molar-refractivity contribution >= 4 is 11.8 Å². The molecule has 1 saturated heterocycles. The molecule has 2 amide bonds. The number of amides is 2. The van der Waals surface area contributed by atoms with Crippen molar-refractivity contribution in [2.75, 3.05) is 13.2 Å². The standard InChI is InChI=1S/C15H21N3O3/c1-3-21-15-12(6-4-8-16-15)10-17-14(20)13-7-5-9-18(13)11(2)19/h4,6,8,13H,3,5,7,9-10H2,1-2H3,(H,17,20). The molecule has 0 aromatic carbocycles. The molecule has 1 atom stereocenters. The lowest BCUT2D eigenvalue weighted by Gasteiger charge is -2.22. The Morgan fingerprint density at radius 3 is 3.05 bits per heavy atom. The second-order valence-corrected chi connectivity index (χ2v) is 4.99. The molecule has 1 aliphatic heterocycles. The van der Waals surface area contributed by atoms with Crippen molar-refractivity contribution in [3.63, 3.8) is 0 Å². The van der Waals surface area contributed by atoms with Crippen molar-refractivity contribution in [3.05, 3.63) is 23.9 Å². The summed E-state index contributed by atoms with van der Waals surface area (Å²) in [5.41, 5.74) is 0.833. The van der Waals surface area contributed by atoms with Crippen LogP contribution >= 0.6 is 0 Å². The minimum absolute atomic E-state index is 0.0518. The van der Waals surface area contributed by atoms with Gasteiger partial charge in [0.1, 0.15) is 6.04 Å². The molecule has 1 aliphatic rings. The van der Waals surface area contributed by atoms with Gasteiger partial charge in [-0.15, -0.1) is 0 Å². The molecule has 1 unspecified atom stereocenters. The summed E-state index contributed by atoms with van der Waals surface area (Å²) in [6, 6.07) is 3.33. The fourth-order valence-electron chi connectivity index (χ4n) is 2.54. The number of carbonyl (C=O) groups is 2. The van der Waals surface area contributed by atoms with E-state index in [9.17, 15) is 9.59 Å². The van der Waals surface area contributed by atoms with Crippen LogP contribution in [0.15, 0.2) is 18.3 Å². The van der Waals surface area contributed by atoms with Crippen molar-refractivity contribution in [2.24, 2.45) is 0 Å². The maximum Gasteiger partial charge on any atom is 0.243 e. The van der Waals surface area contributed by atoms with Crippen molar-refractivity contribution in [2.45, 2.75) is 39.3 Å². The Kier molecular flexibility index (Phi) is 5.14. The van der Waals surface area contributed by atoms with Gasteiger partial charge in [-0.2, -0.15) is 0 Å². The van der Waals surface area contributed by atoms with Crippen molar-refractivity contribution in [3.8, 4) is 5.88 Å². The van der Waals surface area contributed by atoms with Crippen LogP contribution in [0.3, 0.4) is 0 Å². The van der Waals surface area contributed by atoms with E-state index in [4.69, 9.17) is 4.74 Å². The number of rotatable bonds is 5. The molecule has 0 saturated carbocycles. The van der Waals surface area contributed by atoms with Gasteiger partial charge in [-0.05, 0) is 25.8 Å². The summed E-state index contributed by atoms with van der Waals surface area (Å²) in [6.07, 6.45) is 3.25. The summed E-state index contributed by atoms with van der Waals surface area (Å²) in [5.74, 6) is 0.369. The van der Waals surface area contributed by atoms with Crippen molar-refractivity contribution in [1.82, 2.24) is 15.2 Å². The summed E-state index contributed by atoms with van der Waals surface area (Å²) in [7, 11) is 0. The molecule has 0 radical (unpaired) electrons. The van der Waals surface area contributed by atoms with E-state index in [1.807, 2.05) is 13.0 Å². The van der Waals surface area contributed by atoms with Crippen molar-refractivity contribution < 1.29 is 14.3 Å². The van der Waals surface area contributed by atoms with Gasteiger partial charge < -0.3 is 15.0 Å². The SMILES string of the molecule is CCOc1ncccc1CNC(=O)C1CCCN1C(C)=O. The van der Waals surface area contributed by atoms with Gasteiger partial charge in [0, 0.05) is 31.8 Å². The maximum absolute atomic E-state index is 12.2. The molecule has 6 heteroatoms. The number of nitrogens with zero attached hydrogens (tertiary/aromatic N) is 2. The number of hydrogen-bond donors (Lipinski definition) is 1. The molecule has 114 valence electrons. The number of hydrogen-bond acceptors (Lipinski definition) is 4. The van der Waals surface area contributed by atoms with Crippen LogP contribution in [-0.4, -0.2) is 40.9 Å². The monoisotopic (exact) mass is 291 g/mol. The predicted octanol–water partition coefficient (Wildman–Crippen LogP) is 1.11. The summed E-state index contributed by atoms with van der Waals surface area (Å²) in [5, 5.41) is 2.87. The molecule has 0 aliphatic carbocycles. The summed E-state index contributed by atoms with van der Waals surface area (Å²) < 4.78 is 5.43. The Bertz CT molecular complexity index is 519. The first-order valence-corrected chi connectivity index (χ1v) is 7.25. The Morgan fingerprint density at radius 1 is 1.52 bits per heavy atom. The Labute approximate surface area is 124 Å². The topological polar surface area (TPSA) is 71.5 Å². The molecule has 2 heterocycles. The van der Waals surface area contributed by atoms with Crippen LogP contribution in [-0.2, 0) is 16.1 Å². The molecule has 6 nitrogen and oxygen atoms in total. The minimum Gasteiger partial charge on any atom is -0.478 e. The molecule has 21 heavy (non-hydrogen) atoms. The van der Waals surface area contributed by atoms with Gasteiger partial charge in [0.15, 0.2) is 0 Å². The minimum atomic E-state index is -0.352. The first-order valence-electron chi connectivity index (χ1n) is 7.25. The van der Waals surface area contributed by atoms with Crippen LogP contribution in [0.25, 0.3) is 0 Å². The molecule has 1 N–H and O–H groups in total. The van der Waals surface area contributed by atoms with Gasteiger partial charge in [0.2, 0.25) is 17.7 Å².